The van der Waals surface area contributed by atoms with E-state index in [0.717, 1.165) is 5.75 Å². The summed E-state index contributed by atoms with van der Waals surface area (Å²) in [5.74, 6) is 1.06. The largest absolute Gasteiger partial charge is 0.392 e. The van der Waals surface area contributed by atoms with E-state index in [0.29, 0.717) is 26.3 Å². The van der Waals surface area contributed by atoms with Gasteiger partial charge < -0.3 is 14.7 Å². The van der Waals surface area contributed by atoms with Gasteiger partial charge in [-0.25, -0.2) is 0 Å². The Morgan fingerprint density at radius 1 is 1.56 bits per heavy atom. The van der Waals surface area contributed by atoms with Crippen LogP contribution in [-0.2, 0) is 9.53 Å². The highest BCUT2D eigenvalue weighted by molar-refractivity contribution is 8.02. The second-order valence-electron chi connectivity index (χ2n) is 4.09. The molecule has 0 aromatic rings. The second kappa shape index (κ2) is 5.70. The Hall–Kier alpha value is -0.520. The zero-order valence-electron chi connectivity index (χ0n) is 9.17. The SMILES string of the molecule is O=C(C[C@@H](O)C1C=CSC1)N1CCOCC1. The quantitative estimate of drug-likeness (QED) is 0.783. The Morgan fingerprint density at radius 3 is 2.94 bits per heavy atom. The minimum Gasteiger partial charge on any atom is -0.392 e. The average Bonchev–Trinajstić information content (AvgIpc) is 2.83. The number of hydrogen-bond acceptors (Lipinski definition) is 4. The lowest BCUT2D eigenvalue weighted by atomic mass is 10.0. The van der Waals surface area contributed by atoms with Gasteiger partial charge >= 0.3 is 0 Å². The van der Waals surface area contributed by atoms with Crippen molar-refractivity contribution in [1.82, 2.24) is 4.90 Å². The molecule has 0 aromatic carbocycles. The van der Waals surface area contributed by atoms with Crippen LogP contribution in [-0.4, -0.2) is 54.1 Å². The number of nitrogens with zero attached hydrogens (tertiary/aromatic N) is 1. The topological polar surface area (TPSA) is 49.8 Å². The third kappa shape index (κ3) is 2.99. The molecule has 0 saturated carbocycles. The zero-order chi connectivity index (χ0) is 11.4. The van der Waals surface area contributed by atoms with Crippen molar-refractivity contribution in [2.24, 2.45) is 5.92 Å². The van der Waals surface area contributed by atoms with E-state index in [4.69, 9.17) is 4.74 Å². The van der Waals surface area contributed by atoms with Crippen LogP contribution in [0.2, 0.25) is 0 Å². The molecular weight excluding hydrogens is 226 g/mol. The summed E-state index contributed by atoms with van der Waals surface area (Å²) in [4.78, 5) is 13.6. The molecule has 5 heteroatoms. The predicted octanol–water partition coefficient (Wildman–Crippen LogP) is 0.473. The number of hydrogen-bond donors (Lipinski definition) is 1. The van der Waals surface area contributed by atoms with Crippen LogP contribution in [0, 0.1) is 5.92 Å². The van der Waals surface area contributed by atoms with Crippen molar-refractivity contribution < 1.29 is 14.6 Å². The first kappa shape index (κ1) is 12.0. The van der Waals surface area contributed by atoms with E-state index in [1.54, 1.807) is 16.7 Å². The van der Waals surface area contributed by atoms with Crippen LogP contribution in [0.1, 0.15) is 6.42 Å². The van der Waals surface area contributed by atoms with Crippen molar-refractivity contribution in [2.75, 3.05) is 32.1 Å². The highest BCUT2D eigenvalue weighted by Gasteiger charge is 2.25. The molecule has 0 spiro atoms. The molecule has 0 aromatic heterocycles. The van der Waals surface area contributed by atoms with Gasteiger partial charge in [0.25, 0.3) is 0 Å². The van der Waals surface area contributed by atoms with E-state index in [-0.39, 0.29) is 18.2 Å². The van der Waals surface area contributed by atoms with E-state index in [2.05, 4.69) is 0 Å². The molecule has 2 rings (SSSR count). The van der Waals surface area contributed by atoms with E-state index in [9.17, 15) is 9.90 Å². The summed E-state index contributed by atoms with van der Waals surface area (Å²) in [5.41, 5.74) is 0. The molecule has 0 bridgehead atoms. The van der Waals surface area contributed by atoms with Crippen LogP contribution in [0.4, 0.5) is 0 Å². The van der Waals surface area contributed by atoms with Crippen molar-refractivity contribution in [3.63, 3.8) is 0 Å². The van der Waals surface area contributed by atoms with Gasteiger partial charge in [-0.1, -0.05) is 6.08 Å². The van der Waals surface area contributed by atoms with Crippen molar-refractivity contribution in [3.05, 3.63) is 11.5 Å². The Bertz CT molecular complexity index is 276. The molecule has 2 atom stereocenters. The summed E-state index contributed by atoms with van der Waals surface area (Å²) in [6, 6.07) is 0. The van der Waals surface area contributed by atoms with E-state index >= 15 is 0 Å². The van der Waals surface area contributed by atoms with Gasteiger partial charge in [0.05, 0.1) is 25.7 Å². The van der Waals surface area contributed by atoms with E-state index in [1.165, 1.54) is 0 Å². The molecule has 4 nitrogen and oxygen atoms in total. The van der Waals surface area contributed by atoms with Gasteiger partial charge in [0, 0.05) is 24.8 Å². The number of ether oxygens (including phenoxy) is 1. The fourth-order valence-corrected chi connectivity index (χ4v) is 2.87. The minimum atomic E-state index is -0.540. The molecule has 1 unspecified atom stereocenters. The van der Waals surface area contributed by atoms with E-state index < -0.39 is 6.10 Å². The molecule has 16 heavy (non-hydrogen) atoms. The number of rotatable bonds is 3. The van der Waals surface area contributed by atoms with Crippen molar-refractivity contribution in [2.45, 2.75) is 12.5 Å². The lowest BCUT2D eigenvalue weighted by Crippen LogP contribution is -2.42. The number of carbonyl (C=O) groups excluding carboxylic acids is 1. The highest BCUT2D eigenvalue weighted by atomic mass is 32.2. The molecule has 90 valence electrons. The minimum absolute atomic E-state index is 0.0427. The van der Waals surface area contributed by atoms with Gasteiger partial charge in [-0.2, -0.15) is 0 Å². The summed E-state index contributed by atoms with van der Waals surface area (Å²) >= 11 is 1.69. The third-order valence-corrected chi connectivity index (χ3v) is 3.88. The third-order valence-electron chi connectivity index (χ3n) is 2.95. The number of carbonyl (C=O) groups is 1. The molecule has 0 radical (unpaired) electrons. The van der Waals surface area contributed by atoms with Gasteiger partial charge in [0.1, 0.15) is 0 Å². The van der Waals surface area contributed by atoms with Gasteiger partial charge in [0.2, 0.25) is 5.91 Å². The molecule has 1 N–H and O–H groups in total. The normalized spacial score (nSPS) is 27.1. The Labute approximate surface area is 99.6 Å². The summed E-state index contributed by atoms with van der Waals surface area (Å²) in [6.07, 6.45) is 1.68. The fourth-order valence-electron chi connectivity index (χ4n) is 1.89. The van der Waals surface area contributed by atoms with Crippen LogP contribution >= 0.6 is 11.8 Å². The van der Waals surface area contributed by atoms with Gasteiger partial charge in [0.15, 0.2) is 0 Å². The molecule has 1 amide bonds. The fraction of sp³-hybridized carbons (Fsp3) is 0.727. The van der Waals surface area contributed by atoms with Crippen LogP contribution in [0.3, 0.4) is 0 Å². The lowest BCUT2D eigenvalue weighted by molar-refractivity contribution is -0.137. The van der Waals surface area contributed by atoms with E-state index in [1.807, 2.05) is 11.5 Å². The smallest absolute Gasteiger partial charge is 0.225 e. The van der Waals surface area contributed by atoms with Crippen molar-refractivity contribution in [3.8, 4) is 0 Å². The van der Waals surface area contributed by atoms with Crippen LogP contribution in [0.25, 0.3) is 0 Å². The predicted molar refractivity (Wildman–Crippen MR) is 63.1 cm³/mol. The number of aliphatic hydroxyl groups is 1. The lowest BCUT2D eigenvalue weighted by Gasteiger charge is -2.28. The first-order valence-electron chi connectivity index (χ1n) is 5.59. The Balaban J connectivity index is 1.79. The standard InChI is InChI=1S/C11H17NO3S/c13-10(9-1-6-16-8-9)7-11(14)12-2-4-15-5-3-12/h1,6,9-10,13H,2-5,7-8H2/t9?,10-/m1/s1. The van der Waals surface area contributed by atoms with Gasteiger partial charge in [-0.05, 0) is 5.41 Å². The molecule has 2 aliphatic heterocycles. The van der Waals surface area contributed by atoms with Gasteiger partial charge in [-0.3, -0.25) is 4.79 Å². The van der Waals surface area contributed by atoms with Crippen LogP contribution < -0.4 is 0 Å². The summed E-state index contributed by atoms with van der Waals surface area (Å²) in [7, 11) is 0. The monoisotopic (exact) mass is 243 g/mol. The molecule has 1 fully saturated rings. The molecule has 0 aliphatic carbocycles. The zero-order valence-corrected chi connectivity index (χ0v) is 9.99. The molecule has 2 heterocycles. The maximum atomic E-state index is 11.8. The summed E-state index contributed by atoms with van der Waals surface area (Å²) < 4.78 is 5.18. The molecular formula is C11H17NO3S. The van der Waals surface area contributed by atoms with Crippen LogP contribution in [0.15, 0.2) is 11.5 Å². The van der Waals surface area contributed by atoms with Crippen molar-refractivity contribution in [1.29, 1.82) is 0 Å². The van der Waals surface area contributed by atoms with Crippen LogP contribution in [0.5, 0.6) is 0 Å². The first-order chi connectivity index (χ1) is 7.77. The second-order valence-corrected chi connectivity index (χ2v) is 5.03. The first-order valence-corrected chi connectivity index (χ1v) is 6.64. The maximum absolute atomic E-state index is 11.8. The Kier molecular flexibility index (Phi) is 4.26. The summed E-state index contributed by atoms with van der Waals surface area (Å²) in [5, 5.41) is 11.9. The molecule has 1 saturated heterocycles. The summed E-state index contributed by atoms with van der Waals surface area (Å²) in [6.45, 7) is 2.53. The average molecular weight is 243 g/mol. The number of aliphatic hydroxyl groups excluding tert-OH is 1. The van der Waals surface area contributed by atoms with Crippen molar-refractivity contribution >= 4 is 17.7 Å². The number of morpholine rings is 1. The Morgan fingerprint density at radius 2 is 2.31 bits per heavy atom. The highest BCUT2D eigenvalue weighted by Crippen LogP contribution is 2.24. The number of thioether (sulfide) groups is 1. The number of amides is 1. The maximum Gasteiger partial charge on any atom is 0.225 e. The molecule has 2 aliphatic rings. The van der Waals surface area contributed by atoms with Gasteiger partial charge in [-0.15, -0.1) is 11.8 Å².